The molecule has 0 aliphatic carbocycles. The second-order valence-electron chi connectivity index (χ2n) is 7.82. The molecule has 0 spiro atoms. The highest BCUT2D eigenvalue weighted by Gasteiger charge is 2.19. The summed E-state index contributed by atoms with van der Waals surface area (Å²) in [6, 6.07) is 9.29. The summed E-state index contributed by atoms with van der Waals surface area (Å²) < 4.78 is 7.47. The summed E-state index contributed by atoms with van der Waals surface area (Å²) in [7, 11) is 0. The van der Waals surface area contributed by atoms with E-state index in [0.717, 1.165) is 48.5 Å². The molecule has 3 aromatic heterocycles. The first-order valence-electron chi connectivity index (χ1n) is 11.0. The summed E-state index contributed by atoms with van der Waals surface area (Å²) in [6.07, 6.45) is 8.11. The minimum absolute atomic E-state index is 0.242. The average Bonchev–Trinajstić information content (AvgIpc) is 3.54. The first kappa shape index (κ1) is 21.0. The fourth-order valence-electron chi connectivity index (χ4n) is 3.86. The molecule has 0 atom stereocenters. The minimum Gasteiger partial charge on any atom is -0.378 e. The van der Waals surface area contributed by atoms with Gasteiger partial charge < -0.3 is 29.8 Å². The predicted molar refractivity (Wildman–Crippen MR) is 126 cm³/mol. The Kier molecular flexibility index (Phi) is 6.16. The highest BCUT2D eigenvalue weighted by atomic mass is 16.5. The number of carbonyl (C=O) groups is 1. The molecule has 5 rings (SSSR count). The lowest BCUT2D eigenvalue weighted by Gasteiger charge is -2.28. The van der Waals surface area contributed by atoms with Crippen molar-refractivity contribution in [1.82, 2.24) is 29.8 Å². The lowest BCUT2D eigenvalue weighted by molar-refractivity contribution is 0.122. The Morgan fingerprint density at radius 3 is 2.94 bits per heavy atom. The molecular weight excluding hydrogens is 420 g/mol. The van der Waals surface area contributed by atoms with E-state index in [2.05, 4.69) is 25.5 Å². The van der Waals surface area contributed by atoms with Crippen LogP contribution in [-0.4, -0.2) is 63.4 Å². The predicted octanol–water partition coefficient (Wildman–Crippen LogP) is 2.87. The fraction of sp³-hybridized carbons (Fsp3) is 0.304. The van der Waals surface area contributed by atoms with Gasteiger partial charge in [-0.25, -0.2) is 19.7 Å². The Morgan fingerprint density at radius 1 is 1.18 bits per heavy atom. The number of morpholine rings is 1. The van der Waals surface area contributed by atoms with Crippen LogP contribution < -0.4 is 15.5 Å². The van der Waals surface area contributed by atoms with Crippen LogP contribution in [0.25, 0.3) is 22.4 Å². The number of benzene rings is 1. The molecule has 4 aromatic rings. The highest BCUT2D eigenvalue weighted by Crippen LogP contribution is 2.28. The van der Waals surface area contributed by atoms with Crippen molar-refractivity contribution in [2.45, 2.75) is 13.0 Å². The van der Waals surface area contributed by atoms with Crippen LogP contribution in [0.5, 0.6) is 0 Å². The van der Waals surface area contributed by atoms with Gasteiger partial charge in [0.05, 0.1) is 25.1 Å². The van der Waals surface area contributed by atoms with Gasteiger partial charge in [0.15, 0.2) is 11.6 Å². The Bertz CT molecular complexity index is 1210. The van der Waals surface area contributed by atoms with Gasteiger partial charge in [-0.1, -0.05) is 12.1 Å². The highest BCUT2D eigenvalue weighted by molar-refractivity contribution is 5.91. The monoisotopic (exact) mass is 446 g/mol. The second-order valence-corrected chi connectivity index (χ2v) is 7.82. The first-order chi connectivity index (χ1) is 16.3. The molecule has 2 amide bonds. The van der Waals surface area contributed by atoms with Gasteiger partial charge in [-0.15, -0.1) is 0 Å². The molecule has 0 bridgehead atoms. The molecule has 1 saturated heterocycles. The average molecular weight is 447 g/mol. The largest absolute Gasteiger partial charge is 0.378 e. The van der Waals surface area contributed by atoms with Gasteiger partial charge in [-0.3, -0.25) is 0 Å². The minimum atomic E-state index is -0.242. The van der Waals surface area contributed by atoms with Crippen LogP contribution in [0.1, 0.15) is 6.42 Å². The van der Waals surface area contributed by atoms with E-state index in [1.54, 1.807) is 12.5 Å². The third-order valence-corrected chi connectivity index (χ3v) is 5.51. The van der Waals surface area contributed by atoms with E-state index in [9.17, 15) is 4.79 Å². The molecule has 1 fully saturated rings. The molecule has 33 heavy (non-hydrogen) atoms. The summed E-state index contributed by atoms with van der Waals surface area (Å²) in [6.45, 7) is 4.30. The van der Waals surface area contributed by atoms with Gasteiger partial charge in [0.2, 0.25) is 0 Å². The molecular formula is C23H26N8O2. The first-order valence-corrected chi connectivity index (χ1v) is 11.0. The van der Waals surface area contributed by atoms with Gasteiger partial charge in [0.1, 0.15) is 5.52 Å². The number of hydrogen-bond donors (Lipinski definition) is 3. The zero-order valence-corrected chi connectivity index (χ0v) is 18.2. The number of rotatable bonds is 7. The number of aromatic amines is 1. The number of amides is 2. The van der Waals surface area contributed by atoms with Crippen molar-refractivity contribution in [1.29, 1.82) is 0 Å². The molecule has 1 aromatic carbocycles. The molecule has 1 aliphatic heterocycles. The molecule has 1 aliphatic rings. The number of anilines is 2. The van der Waals surface area contributed by atoms with E-state index >= 15 is 0 Å². The van der Waals surface area contributed by atoms with Crippen LogP contribution in [0.15, 0.2) is 55.2 Å². The van der Waals surface area contributed by atoms with Gasteiger partial charge in [-0.05, 0) is 24.6 Å². The Morgan fingerprint density at radius 2 is 2.09 bits per heavy atom. The van der Waals surface area contributed by atoms with E-state index in [1.807, 2.05) is 47.3 Å². The molecule has 0 saturated carbocycles. The summed E-state index contributed by atoms with van der Waals surface area (Å²) >= 11 is 0. The standard InChI is InChI=1S/C23H26N8O2/c32-23(26-6-2-9-30-10-8-24-16-30)27-18-4-1-3-17(15-18)21-28-19-5-7-25-20(19)22(29-21)31-11-13-33-14-12-31/h1,3-5,7-8,10,15-16,25H,2,6,9,11-14H2,(H2,26,27,32). The SMILES string of the molecule is O=C(NCCCn1ccnc1)Nc1cccc(-c2nc(N3CCOCC3)c3[nH]ccc3n2)c1. The van der Waals surface area contributed by atoms with E-state index in [4.69, 9.17) is 14.7 Å². The lowest BCUT2D eigenvalue weighted by atomic mass is 10.2. The number of imidazole rings is 1. The fourth-order valence-corrected chi connectivity index (χ4v) is 3.86. The number of nitrogens with zero attached hydrogens (tertiary/aromatic N) is 5. The number of H-pyrrole nitrogens is 1. The zero-order valence-electron chi connectivity index (χ0n) is 18.2. The summed E-state index contributed by atoms with van der Waals surface area (Å²) in [5, 5.41) is 5.79. The molecule has 3 N–H and O–H groups in total. The van der Waals surface area contributed by atoms with Crippen molar-refractivity contribution >= 4 is 28.6 Å². The third-order valence-electron chi connectivity index (χ3n) is 5.51. The van der Waals surface area contributed by atoms with Crippen LogP contribution in [0, 0.1) is 0 Å². The number of hydrogen-bond acceptors (Lipinski definition) is 6. The van der Waals surface area contributed by atoms with Crippen LogP contribution >= 0.6 is 0 Å². The molecule has 4 heterocycles. The number of ether oxygens (including phenoxy) is 1. The Balaban J connectivity index is 1.28. The smallest absolute Gasteiger partial charge is 0.319 e. The maximum atomic E-state index is 12.3. The summed E-state index contributed by atoms with van der Waals surface area (Å²) in [5.41, 5.74) is 3.30. The number of fused-ring (bicyclic) bond motifs is 1. The van der Waals surface area contributed by atoms with Crippen LogP contribution in [0.4, 0.5) is 16.3 Å². The van der Waals surface area contributed by atoms with Crippen molar-refractivity contribution in [2.24, 2.45) is 0 Å². The van der Waals surface area contributed by atoms with Crippen molar-refractivity contribution in [2.75, 3.05) is 43.1 Å². The van der Waals surface area contributed by atoms with Crippen molar-refractivity contribution < 1.29 is 9.53 Å². The molecule has 170 valence electrons. The number of aryl methyl sites for hydroxylation is 1. The normalized spacial score (nSPS) is 13.9. The number of aromatic nitrogens is 5. The molecule has 10 nitrogen and oxygen atoms in total. The van der Waals surface area contributed by atoms with Gasteiger partial charge >= 0.3 is 6.03 Å². The van der Waals surface area contributed by atoms with Gasteiger partial charge in [0.25, 0.3) is 0 Å². The second kappa shape index (κ2) is 9.70. The Labute approximate surface area is 191 Å². The molecule has 10 heteroatoms. The van der Waals surface area contributed by atoms with E-state index in [1.165, 1.54) is 0 Å². The van der Waals surface area contributed by atoms with E-state index in [-0.39, 0.29) is 6.03 Å². The van der Waals surface area contributed by atoms with Gasteiger partial charge in [-0.2, -0.15) is 0 Å². The maximum absolute atomic E-state index is 12.3. The van der Waals surface area contributed by atoms with Crippen molar-refractivity contribution in [3.05, 3.63) is 55.2 Å². The number of carbonyl (C=O) groups excluding carboxylic acids is 1. The van der Waals surface area contributed by atoms with E-state index in [0.29, 0.717) is 31.3 Å². The Hall–Kier alpha value is -3.92. The van der Waals surface area contributed by atoms with Crippen molar-refractivity contribution in [3.63, 3.8) is 0 Å². The third kappa shape index (κ3) is 4.96. The molecule has 0 unspecified atom stereocenters. The molecule has 0 radical (unpaired) electrons. The summed E-state index contributed by atoms with van der Waals surface area (Å²) in [5.74, 6) is 1.49. The zero-order chi connectivity index (χ0) is 22.5. The quantitative estimate of drug-likeness (QED) is 0.376. The van der Waals surface area contributed by atoms with Crippen LogP contribution in [0.3, 0.4) is 0 Å². The number of urea groups is 1. The summed E-state index contributed by atoms with van der Waals surface area (Å²) in [4.78, 5) is 31.4. The van der Waals surface area contributed by atoms with Crippen LogP contribution in [-0.2, 0) is 11.3 Å². The maximum Gasteiger partial charge on any atom is 0.319 e. The number of nitrogens with one attached hydrogen (secondary N) is 3. The lowest BCUT2D eigenvalue weighted by Crippen LogP contribution is -2.37. The van der Waals surface area contributed by atoms with Crippen LogP contribution in [0.2, 0.25) is 0 Å². The van der Waals surface area contributed by atoms with E-state index < -0.39 is 0 Å². The topological polar surface area (TPSA) is 113 Å². The van der Waals surface area contributed by atoms with Gasteiger partial charge in [0, 0.05) is 56.0 Å². The van der Waals surface area contributed by atoms with Crippen molar-refractivity contribution in [3.8, 4) is 11.4 Å².